The Labute approximate surface area is 119 Å². The first kappa shape index (κ1) is 13.5. The fourth-order valence-corrected chi connectivity index (χ4v) is 2.96. The molecule has 3 rings (SSSR count). The normalized spacial score (nSPS) is 18.9. The molecule has 4 heteroatoms. The molecule has 0 bridgehead atoms. The highest BCUT2D eigenvalue weighted by Crippen LogP contribution is 2.27. The summed E-state index contributed by atoms with van der Waals surface area (Å²) in [6.45, 7) is 4.21. The van der Waals surface area contributed by atoms with Crippen molar-refractivity contribution in [2.24, 2.45) is 5.73 Å². The molecule has 1 unspecified atom stereocenters. The van der Waals surface area contributed by atoms with Gasteiger partial charge in [-0.2, -0.15) is 0 Å². The number of hydrogen-bond acceptors (Lipinski definition) is 4. The standard InChI is InChI=1S/C16H21N3O/c17-10-16(19-6-3-8-20-9-7-19)15-12-18-11-13-4-1-2-5-14(13)15/h1-2,4-5,11-12,16H,3,6-10,17H2. The number of fused-ring (bicyclic) bond motifs is 1. The van der Waals surface area contributed by atoms with Crippen LogP contribution in [0.15, 0.2) is 36.7 Å². The van der Waals surface area contributed by atoms with Crippen molar-refractivity contribution in [1.82, 2.24) is 9.88 Å². The largest absolute Gasteiger partial charge is 0.380 e. The van der Waals surface area contributed by atoms with Gasteiger partial charge in [-0.25, -0.2) is 0 Å². The molecular weight excluding hydrogens is 250 g/mol. The van der Waals surface area contributed by atoms with Crippen molar-refractivity contribution >= 4 is 10.8 Å². The van der Waals surface area contributed by atoms with Gasteiger partial charge in [0, 0.05) is 50.1 Å². The maximum Gasteiger partial charge on any atom is 0.0593 e. The van der Waals surface area contributed by atoms with Gasteiger partial charge < -0.3 is 10.5 Å². The van der Waals surface area contributed by atoms with Crippen molar-refractivity contribution in [2.45, 2.75) is 12.5 Å². The molecule has 0 spiro atoms. The van der Waals surface area contributed by atoms with Crippen LogP contribution in [-0.2, 0) is 4.74 Å². The lowest BCUT2D eigenvalue weighted by Gasteiger charge is -2.30. The first-order valence-corrected chi connectivity index (χ1v) is 7.24. The van der Waals surface area contributed by atoms with Crippen molar-refractivity contribution in [2.75, 3.05) is 32.8 Å². The van der Waals surface area contributed by atoms with E-state index in [9.17, 15) is 0 Å². The third kappa shape index (κ3) is 2.68. The summed E-state index contributed by atoms with van der Waals surface area (Å²) in [7, 11) is 0. The summed E-state index contributed by atoms with van der Waals surface area (Å²) in [6.07, 6.45) is 4.94. The number of aromatic nitrogens is 1. The summed E-state index contributed by atoms with van der Waals surface area (Å²) in [4.78, 5) is 6.81. The Morgan fingerprint density at radius 1 is 1.20 bits per heavy atom. The minimum Gasteiger partial charge on any atom is -0.380 e. The molecule has 1 aromatic carbocycles. The fourth-order valence-electron chi connectivity index (χ4n) is 2.96. The van der Waals surface area contributed by atoms with Crippen LogP contribution in [0.3, 0.4) is 0 Å². The molecule has 20 heavy (non-hydrogen) atoms. The molecule has 1 aliphatic heterocycles. The minimum atomic E-state index is 0.218. The minimum absolute atomic E-state index is 0.218. The molecular formula is C16H21N3O. The van der Waals surface area contributed by atoms with Crippen LogP contribution in [0, 0.1) is 0 Å². The van der Waals surface area contributed by atoms with E-state index in [1.807, 2.05) is 18.5 Å². The van der Waals surface area contributed by atoms with Crippen LogP contribution in [0.1, 0.15) is 18.0 Å². The summed E-state index contributed by atoms with van der Waals surface area (Å²) in [6, 6.07) is 8.60. The van der Waals surface area contributed by atoms with Gasteiger partial charge in [-0.05, 0) is 17.4 Å². The van der Waals surface area contributed by atoms with Crippen LogP contribution < -0.4 is 5.73 Å². The number of nitrogens with zero attached hydrogens (tertiary/aromatic N) is 2. The monoisotopic (exact) mass is 271 g/mol. The zero-order valence-corrected chi connectivity index (χ0v) is 11.7. The lowest BCUT2D eigenvalue weighted by molar-refractivity contribution is 0.132. The van der Waals surface area contributed by atoms with Crippen molar-refractivity contribution in [3.05, 3.63) is 42.2 Å². The average molecular weight is 271 g/mol. The highest BCUT2D eigenvalue weighted by Gasteiger charge is 2.22. The van der Waals surface area contributed by atoms with Gasteiger partial charge in [-0.1, -0.05) is 24.3 Å². The second-order valence-corrected chi connectivity index (χ2v) is 5.20. The molecule has 1 atom stereocenters. The van der Waals surface area contributed by atoms with E-state index in [1.54, 1.807) is 0 Å². The quantitative estimate of drug-likeness (QED) is 0.927. The predicted octanol–water partition coefficient (Wildman–Crippen LogP) is 1.96. The van der Waals surface area contributed by atoms with Gasteiger partial charge in [0.1, 0.15) is 0 Å². The predicted molar refractivity (Wildman–Crippen MR) is 80.5 cm³/mol. The highest BCUT2D eigenvalue weighted by atomic mass is 16.5. The number of pyridine rings is 1. The van der Waals surface area contributed by atoms with Gasteiger partial charge in [0.25, 0.3) is 0 Å². The highest BCUT2D eigenvalue weighted by molar-refractivity contribution is 5.85. The van der Waals surface area contributed by atoms with Crippen LogP contribution in [0.5, 0.6) is 0 Å². The van der Waals surface area contributed by atoms with Gasteiger partial charge in [-0.3, -0.25) is 9.88 Å². The number of nitrogens with two attached hydrogens (primary N) is 1. The van der Waals surface area contributed by atoms with Gasteiger partial charge in [0.2, 0.25) is 0 Å². The van der Waals surface area contributed by atoms with E-state index in [-0.39, 0.29) is 6.04 Å². The summed E-state index contributed by atoms with van der Waals surface area (Å²) < 4.78 is 5.54. The van der Waals surface area contributed by atoms with E-state index in [4.69, 9.17) is 10.5 Å². The van der Waals surface area contributed by atoms with Crippen LogP contribution in [0.2, 0.25) is 0 Å². The Bertz CT molecular complexity index is 559. The van der Waals surface area contributed by atoms with Crippen LogP contribution in [-0.4, -0.2) is 42.7 Å². The van der Waals surface area contributed by atoms with Gasteiger partial charge in [0.05, 0.1) is 6.61 Å². The summed E-state index contributed by atoms with van der Waals surface area (Å²) in [5, 5.41) is 2.43. The van der Waals surface area contributed by atoms with E-state index < -0.39 is 0 Å². The molecule has 2 N–H and O–H groups in total. The Hall–Kier alpha value is -1.49. The first-order chi connectivity index (χ1) is 9.90. The van der Waals surface area contributed by atoms with Crippen LogP contribution >= 0.6 is 0 Å². The Kier molecular flexibility index (Phi) is 4.25. The number of benzene rings is 1. The van der Waals surface area contributed by atoms with E-state index in [1.165, 1.54) is 16.3 Å². The maximum absolute atomic E-state index is 6.07. The molecule has 2 aromatic rings. The van der Waals surface area contributed by atoms with E-state index in [0.717, 1.165) is 32.7 Å². The summed E-state index contributed by atoms with van der Waals surface area (Å²) >= 11 is 0. The molecule has 1 fully saturated rings. The molecule has 4 nitrogen and oxygen atoms in total. The van der Waals surface area contributed by atoms with Gasteiger partial charge >= 0.3 is 0 Å². The summed E-state index contributed by atoms with van der Waals surface area (Å²) in [5.74, 6) is 0. The lowest BCUT2D eigenvalue weighted by Crippen LogP contribution is -2.35. The van der Waals surface area contributed by atoms with E-state index in [2.05, 4.69) is 28.1 Å². The van der Waals surface area contributed by atoms with E-state index in [0.29, 0.717) is 6.54 Å². The fraction of sp³-hybridized carbons (Fsp3) is 0.438. The molecule has 1 aromatic heterocycles. The average Bonchev–Trinajstić information content (AvgIpc) is 2.78. The van der Waals surface area contributed by atoms with Gasteiger partial charge in [0.15, 0.2) is 0 Å². The van der Waals surface area contributed by atoms with Crippen molar-refractivity contribution < 1.29 is 4.74 Å². The zero-order chi connectivity index (χ0) is 13.8. The van der Waals surface area contributed by atoms with E-state index >= 15 is 0 Å². The lowest BCUT2D eigenvalue weighted by atomic mass is 10.00. The zero-order valence-electron chi connectivity index (χ0n) is 11.7. The third-order valence-electron chi connectivity index (χ3n) is 3.98. The third-order valence-corrected chi connectivity index (χ3v) is 3.98. The Balaban J connectivity index is 1.98. The topological polar surface area (TPSA) is 51.4 Å². The Morgan fingerprint density at radius 3 is 3.00 bits per heavy atom. The molecule has 0 saturated carbocycles. The van der Waals surface area contributed by atoms with Crippen LogP contribution in [0.4, 0.5) is 0 Å². The Morgan fingerprint density at radius 2 is 2.10 bits per heavy atom. The molecule has 0 radical (unpaired) electrons. The molecule has 0 aliphatic carbocycles. The molecule has 106 valence electrons. The second-order valence-electron chi connectivity index (χ2n) is 5.20. The van der Waals surface area contributed by atoms with Crippen LogP contribution in [0.25, 0.3) is 10.8 Å². The molecule has 2 heterocycles. The number of ether oxygens (including phenoxy) is 1. The molecule has 1 saturated heterocycles. The maximum atomic E-state index is 6.07. The molecule has 0 amide bonds. The van der Waals surface area contributed by atoms with Crippen molar-refractivity contribution in [3.63, 3.8) is 0 Å². The number of hydrogen-bond donors (Lipinski definition) is 1. The van der Waals surface area contributed by atoms with Crippen molar-refractivity contribution in [3.8, 4) is 0 Å². The molecule has 1 aliphatic rings. The smallest absolute Gasteiger partial charge is 0.0593 e. The SMILES string of the molecule is NCC(c1cncc2ccccc12)N1CCCOCC1. The van der Waals surface area contributed by atoms with Gasteiger partial charge in [-0.15, -0.1) is 0 Å². The number of rotatable bonds is 3. The second kappa shape index (κ2) is 6.31. The first-order valence-electron chi connectivity index (χ1n) is 7.24. The summed E-state index contributed by atoms with van der Waals surface area (Å²) in [5.41, 5.74) is 7.30. The van der Waals surface area contributed by atoms with Crippen molar-refractivity contribution in [1.29, 1.82) is 0 Å².